The van der Waals surface area contributed by atoms with E-state index < -0.39 is 0 Å². The first kappa shape index (κ1) is 20.2. The van der Waals surface area contributed by atoms with E-state index in [1.54, 1.807) is 48.5 Å². The number of methoxy groups -OCH3 is 1. The lowest BCUT2D eigenvalue weighted by molar-refractivity contribution is -0.117. The number of benzene rings is 2. The summed E-state index contributed by atoms with van der Waals surface area (Å²) in [6.07, 6.45) is 1.66. The Hall–Kier alpha value is -2.54. The predicted molar refractivity (Wildman–Crippen MR) is 110 cm³/mol. The van der Waals surface area contributed by atoms with Crippen molar-refractivity contribution in [3.05, 3.63) is 64.6 Å². The zero-order valence-corrected chi connectivity index (χ0v) is 16.9. The number of halogens is 2. The first-order chi connectivity index (χ1) is 13.4. The molecule has 8 heteroatoms. The summed E-state index contributed by atoms with van der Waals surface area (Å²) in [5.74, 6) is 1.50. The summed E-state index contributed by atoms with van der Waals surface area (Å²) in [6.45, 7) is 0.530. The fourth-order valence-corrected chi connectivity index (χ4v) is 2.93. The lowest BCUT2D eigenvalue weighted by atomic mass is 10.2. The number of likely N-dealkylation sites (N-methyl/N-ethyl adjacent to an activating group) is 1. The molecular formula is C20H19Cl2N3O3. The van der Waals surface area contributed by atoms with Crippen LogP contribution in [0.3, 0.4) is 0 Å². The van der Waals surface area contributed by atoms with E-state index in [0.29, 0.717) is 39.7 Å². The summed E-state index contributed by atoms with van der Waals surface area (Å²) < 4.78 is 11.0. The SMILES string of the molecule is COc1ccc(Cl)cc1NC(=O)CN(C)Cc1ncc(-c2ccc(Cl)cc2)o1. The first-order valence-electron chi connectivity index (χ1n) is 8.47. The molecule has 0 saturated heterocycles. The summed E-state index contributed by atoms with van der Waals surface area (Å²) in [7, 11) is 3.34. The first-order valence-corrected chi connectivity index (χ1v) is 9.23. The van der Waals surface area contributed by atoms with Crippen LogP contribution in [0.4, 0.5) is 5.69 Å². The van der Waals surface area contributed by atoms with Crippen LogP contribution in [-0.2, 0) is 11.3 Å². The van der Waals surface area contributed by atoms with Gasteiger partial charge in [0, 0.05) is 15.6 Å². The number of anilines is 1. The van der Waals surface area contributed by atoms with Crippen LogP contribution in [0.1, 0.15) is 5.89 Å². The number of oxazole rings is 1. The molecule has 0 saturated carbocycles. The molecule has 0 unspecified atom stereocenters. The lowest BCUT2D eigenvalue weighted by Crippen LogP contribution is -2.30. The molecule has 1 amide bonds. The zero-order valence-electron chi connectivity index (χ0n) is 15.4. The number of nitrogens with one attached hydrogen (secondary N) is 1. The van der Waals surface area contributed by atoms with Gasteiger partial charge in [0.15, 0.2) is 5.76 Å². The van der Waals surface area contributed by atoms with E-state index in [1.807, 2.05) is 12.1 Å². The Labute approximate surface area is 173 Å². The molecule has 0 aliphatic heterocycles. The monoisotopic (exact) mass is 419 g/mol. The van der Waals surface area contributed by atoms with Gasteiger partial charge in [-0.1, -0.05) is 23.2 Å². The minimum absolute atomic E-state index is 0.147. The molecule has 28 heavy (non-hydrogen) atoms. The smallest absolute Gasteiger partial charge is 0.238 e. The number of hydrogen-bond acceptors (Lipinski definition) is 5. The van der Waals surface area contributed by atoms with Gasteiger partial charge in [0.05, 0.1) is 32.1 Å². The van der Waals surface area contributed by atoms with Crippen molar-refractivity contribution in [2.75, 3.05) is 26.0 Å². The number of rotatable bonds is 7. The van der Waals surface area contributed by atoms with Gasteiger partial charge >= 0.3 is 0 Å². The summed E-state index contributed by atoms with van der Waals surface area (Å²) in [5.41, 5.74) is 1.41. The second kappa shape index (κ2) is 9.10. The van der Waals surface area contributed by atoms with Crippen LogP contribution < -0.4 is 10.1 Å². The maximum atomic E-state index is 12.3. The van der Waals surface area contributed by atoms with Crippen LogP contribution in [0.2, 0.25) is 10.0 Å². The maximum Gasteiger partial charge on any atom is 0.238 e. The molecule has 146 valence electrons. The van der Waals surface area contributed by atoms with Gasteiger partial charge in [-0.2, -0.15) is 0 Å². The average Bonchev–Trinajstić information content (AvgIpc) is 3.10. The minimum atomic E-state index is -0.201. The van der Waals surface area contributed by atoms with Crippen molar-refractivity contribution >= 4 is 34.8 Å². The molecule has 0 aliphatic carbocycles. The van der Waals surface area contributed by atoms with E-state index in [9.17, 15) is 4.79 Å². The molecule has 0 radical (unpaired) electrons. The Balaban J connectivity index is 1.58. The molecule has 3 aromatic rings. The number of carbonyl (C=O) groups is 1. The minimum Gasteiger partial charge on any atom is -0.495 e. The van der Waals surface area contributed by atoms with Crippen molar-refractivity contribution in [1.82, 2.24) is 9.88 Å². The number of nitrogens with zero attached hydrogens (tertiary/aromatic N) is 2. The highest BCUT2D eigenvalue weighted by Crippen LogP contribution is 2.27. The largest absolute Gasteiger partial charge is 0.495 e. The number of amides is 1. The fraction of sp³-hybridized carbons (Fsp3) is 0.200. The van der Waals surface area contributed by atoms with Crippen molar-refractivity contribution in [2.45, 2.75) is 6.54 Å². The molecule has 6 nitrogen and oxygen atoms in total. The highest BCUT2D eigenvalue weighted by Gasteiger charge is 2.14. The van der Waals surface area contributed by atoms with Gasteiger partial charge in [-0.05, 0) is 49.5 Å². The Morgan fingerprint density at radius 3 is 2.61 bits per heavy atom. The summed E-state index contributed by atoms with van der Waals surface area (Å²) in [6, 6.07) is 12.4. The van der Waals surface area contributed by atoms with Gasteiger partial charge in [0.25, 0.3) is 0 Å². The van der Waals surface area contributed by atoms with Crippen LogP contribution in [0, 0.1) is 0 Å². The van der Waals surface area contributed by atoms with Gasteiger partial charge in [-0.25, -0.2) is 4.98 Å². The second-order valence-electron chi connectivity index (χ2n) is 6.19. The Morgan fingerprint density at radius 2 is 1.89 bits per heavy atom. The van der Waals surface area contributed by atoms with E-state index in [2.05, 4.69) is 10.3 Å². The van der Waals surface area contributed by atoms with Crippen molar-refractivity contribution in [2.24, 2.45) is 0 Å². The maximum absolute atomic E-state index is 12.3. The molecule has 0 fully saturated rings. The Kier molecular flexibility index (Phi) is 6.57. The summed E-state index contributed by atoms with van der Waals surface area (Å²) in [4.78, 5) is 18.4. The van der Waals surface area contributed by atoms with Gasteiger partial charge in [0.1, 0.15) is 5.75 Å². The van der Waals surface area contributed by atoms with Gasteiger partial charge in [-0.15, -0.1) is 0 Å². The Morgan fingerprint density at radius 1 is 1.18 bits per heavy atom. The van der Waals surface area contributed by atoms with Crippen LogP contribution in [0.25, 0.3) is 11.3 Å². The molecule has 1 heterocycles. The zero-order chi connectivity index (χ0) is 20.1. The molecule has 0 spiro atoms. The van der Waals surface area contributed by atoms with Gasteiger partial charge < -0.3 is 14.5 Å². The van der Waals surface area contributed by atoms with Crippen LogP contribution >= 0.6 is 23.2 Å². The van der Waals surface area contributed by atoms with Gasteiger partial charge in [0.2, 0.25) is 11.8 Å². The van der Waals surface area contributed by atoms with Crippen LogP contribution in [0.15, 0.2) is 53.1 Å². The van der Waals surface area contributed by atoms with Crippen molar-refractivity contribution in [3.8, 4) is 17.1 Å². The van der Waals surface area contributed by atoms with E-state index in [4.69, 9.17) is 32.4 Å². The fourth-order valence-electron chi connectivity index (χ4n) is 2.63. The normalized spacial score (nSPS) is 10.9. The number of carbonyl (C=O) groups excluding carboxylic acids is 1. The number of hydrogen-bond donors (Lipinski definition) is 1. The van der Waals surface area contributed by atoms with E-state index in [0.717, 1.165) is 5.56 Å². The lowest BCUT2D eigenvalue weighted by Gasteiger charge is -2.15. The molecule has 1 aromatic heterocycles. The predicted octanol–water partition coefficient (Wildman–Crippen LogP) is 4.73. The molecule has 1 N–H and O–H groups in total. The standard InChI is InChI=1S/C20H19Cl2N3O3/c1-25(11-19(26)24-16-9-15(22)7-8-17(16)27-2)12-20-23-10-18(28-20)13-3-5-14(21)6-4-13/h3-10H,11-12H2,1-2H3,(H,24,26). The molecule has 3 rings (SSSR count). The number of aromatic nitrogens is 1. The second-order valence-corrected chi connectivity index (χ2v) is 7.06. The Bertz CT molecular complexity index is 958. The van der Waals surface area contributed by atoms with E-state index in [-0.39, 0.29) is 12.5 Å². The molecule has 0 bridgehead atoms. The summed E-state index contributed by atoms with van der Waals surface area (Å²) in [5, 5.41) is 3.97. The van der Waals surface area contributed by atoms with Crippen LogP contribution in [0.5, 0.6) is 5.75 Å². The third-order valence-corrected chi connectivity index (χ3v) is 4.42. The van der Waals surface area contributed by atoms with Crippen molar-refractivity contribution < 1.29 is 13.9 Å². The van der Waals surface area contributed by atoms with Crippen molar-refractivity contribution in [1.29, 1.82) is 0 Å². The summed E-state index contributed by atoms with van der Waals surface area (Å²) >= 11 is 11.9. The quantitative estimate of drug-likeness (QED) is 0.599. The molecule has 2 aromatic carbocycles. The molecule has 0 atom stereocenters. The molecular weight excluding hydrogens is 401 g/mol. The third-order valence-electron chi connectivity index (χ3n) is 3.94. The van der Waals surface area contributed by atoms with Crippen LogP contribution in [-0.4, -0.2) is 36.5 Å². The topological polar surface area (TPSA) is 67.6 Å². The van der Waals surface area contributed by atoms with Gasteiger partial charge in [-0.3, -0.25) is 9.69 Å². The van der Waals surface area contributed by atoms with E-state index >= 15 is 0 Å². The molecule has 0 aliphatic rings. The highest BCUT2D eigenvalue weighted by atomic mass is 35.5. The number of ether oxygens (including phenoxy) is 1. The van der Waals surface area contributed by atoms with Crippen molar-refractivity contribution in [3.63, 3.8) is 0 Å². The third kappa shape index (κ3) is 5.25. The van der Waals surface area contributed by atoms with E-state index in [1.165, 1.54) is 7.11 Å². The highest BCUT2D eigenvalue weighted by molar-refractivity contribution is 6.31. The average molecular weight is 420 g/mol.